The van der Waals surface area contributed by atoms with Gasteiger partial charge in [0.05, 0.1) is 31.5 Å². The molecule has 3 N–H and O–H groups in total. The van der Waals surface area contributed by atoms with Crippen LogP contribution in [0.5, 0.6) is 0 Å². The average Bonchev–Trinajstić information content (AvgIpc) is 2.91. The fourth-order valence-corrected chi connectivity index (χ4v) is 5.49. The van der Waals surface area contributed by atoms with Crippen molar-refractivity contribution in [2.24, 2.45) is 11.8 Å². The van der Waals surface area contributed by atoms with Crippen LogP contribution in [-0.4, -0.2) is 52.3 Å². The summed E-state index contributed by atoms with van der Waals surface area (Å²) < 4.78 is 11.9. The Morgan fingerprint density at radius 1 is 1.03 bits per heavy atom. The molecule has 6 heteroatoms. The highest BCUT2D eigenvalue weighted by molar-refractivity contribution is 5.82. The van der Waals surface area contributed by atoms with Gasteiger partial charge in [-0.2, -0.15) is 0 Å². The van der Waals surface area contributed by atoms with E-state index in [4.69, 9.17) is 9.47 Å². The molecule has 0 radical (unpaired) electrons. The average molecular weight is 525 g/mol. The lowest BCUT2D eigenvalue weighted by Gasteiger charge is -2.43. The van der Waals surface area contributed by atoms with Crippen molar-refractivity contribution in [2.45, 2.75) is 89.3 Å². The molecule has 6 nitrogen and oxygen atoms in total. The summed E-state index contributed by atoms with van der Waals surface area (Å²) in [6, 6.07) is 20.0. The first-order valence-electron chi connectivity index (χ1n) is 13.8. The summed E-state index contributed by atoms with van der Waals surface area (Å²) in [5.74, 6) is 0.207. The molecular weight excluding hydrogens is 480 g/mol. The number of aliphatic hydroxyl groups excluding tert-OH is 3. The van der Waals surface area contributed by atoms with E-state index in [0.29, 0.717) is 12.5 Å². The Morgan fingerprint density at radius 3 is 2.34 bits per heavy atom. The molecule has 0 unspecified atom stereocenters. The highest BCUT2D eigenvalue weighted by Crippen LogP contribution is 2.43. The van der Waals surface area contributed by atoms with E-state index in [2.05, 4.69) is 32.9 Å². The normalized spacial score (nSPS) is 22.6. The van der Waals surface area contributed by atoms with Gasteiger partial charge < -0.3 is 24.8 Å². The molecule has 1 aliphatic carbocycles. The maximum Gasteiger partial charge on any atom is 0.330 e. The zero-order valence-corrected chi connectivity index (χ0v) is 22.9. The third-order valence-corrected chi connectivity index (χ3v) is 7.80. The first kappa shape index (κ1) is 30.0. The van der Waals surface area contributed by atoms with Crippen LogP contribution >= 0.6 is 0 Å². The van der Waals surface area contributed by atoms with Gasteiger partial charge in [0, 0.05) is 24.8 Å². The van der Waals surface area contributed by atoms with Crippen molar-refractivity contribution in [1.29, 1.82) is 0 Å². The lowest BCUT2D eigenvalue weighted by Crippen LogP contribution is -2.43. The number of ether oxygens (including phenoxy) is 2. The molecule has 0 heterocycles. The Bertz CT molecular complexity index is 990. The molecule has 1 fully saturated rings. The molecule has 0 aromatic heterocycles. The van der Waals surface area contributed by atoms with Gasteiger partial charge >= 0.3 is 5.97 Å². The Morgan fingerprint density at radius 2 is 1.68 bits per heavy atom. The minimum Gasteiger partial charge on any atom is -0.459 e. The molecule has 0 spiro atoms. The topological polar surface area (TPSA) is 96.2 Å². The third-order valence-electron chi connectivity index (χ3n) is 7.80. The van der Waals surface area contributed by atoms with Crippen LogP contribution in [0.4, 0.5) is 0 Å². The Balaban J connectivity index is 1.60. The number of hydrogen-bond acceptors (Lipinski definition) is 6. The van der Waals surface area contributed by atoms with Crippen molar-refractivity contribution in [1.82, 2.24) is 0 Å². The summed E-state index contributed by atoms with van der Waals surface area (Å²) in [5.41, 5.74) is 2.06. The monoisotopic (exact) mass is 524 g/mol. The van der Waals surface area contributed by atoms with Crippen LogP contribution in [0.1, 0.15) is 64.0 Å². The second-order valence-electron chi connectivity index (χ2n) is 11.2. The molecule has 0 aliphatic heterocycles. The quantitative estimate of drug-likeness (QED) is 0.254. The van der Waals surface area contributed by atoms with Crippen LogP contribution in [0.3, 0.4) is 0 Å². The minimum atomic E-state index is -0.962. The van der Waals surface area contributed by atoms with Crippen molar-refractivity contribution >= 4 is 5.97 Å². The molecule has 208 valence electrons. The van der Waals surface area contributed by atoms with Gasteiger partial charge in [-0.1, -0.05) is 87.9 Å². The summed E-state index contributed by atoms with van der Waals surface area (Å²) in [4.78, 5) is 12.8. The number of carbonyl (C=O) groups excluding carboxylic acids is 1. The zero-order valence-electron chi connectivity index (χ0n) is 22.9. The van der Waals surface area contributed by atoms with Crippen molar-refractivity contribution in [2.75, 3.05) is 6.61 Å². The van der Waals surface area contributed by atoms with Gasteiger partial charge in [0.15, 0.2) is 0 Å². The van der Waals surface area contributed by atoms with E-state index in [9.17, 15) is 20.1 Å². The maximum absolute atomic E-state index is 12.8. The molecule has 0 bridgehead atoms. The Labute approximate surface area is 227 Å². The van der Waals surface area contributed by atoms with Gasteiger partial charge in [0.25, 0.3) is 0 Å². The fraction of sp³-hybridized carbons (Fsp3) is 0.531. The predicted octanol–water partition coefficient (Wildman–Crippen LogP) is 4.95. The van der Waals surface area contributed by atoms with Crippen molar-refractivity contribution in [3.8, 4) is 0 Å². The van der Waals surface area contributed by atoms with E-state index in [-0.39, 0.29) is 36.9 Å². The SMILES string of the molecule is C[C@@H]1CC[C@@H](C(C)(C)c2ccccc2)[C@H](OC(=O)/C=C/[C@H](O)C[C@H](C[C@H](O)CO)OCc2ccccc2)C1. The van der Waals surface area contributed by atoms with E-state index < -0.39 is 24.3 Å². The minimum absolute atomic E-state index is 0.146. The Hall–Kier alpha value is -2.51. The molecule has 6 atom stereocenters. The highest BCUT2D eigenvalue weighted by atomic mass is 16.5. The lowest BCUT2D eigenvalue weighted by atomic mass is 9.64. The van der Waals surface area contributed by atoms with E-state index >= 15 is 0 Å². The number of esters is 1. The second-order valence-corrected chi connectivity index (χ2v) is 11.2. The molecule has 0 amide bonds. The van der Waals surface area contributed by atoms with E-state index in [1.54, 1.807) is 0 Å². The molecule has 2 aromatic carbocycles. The van der Waals surface area contributed by atoms with E-state index in [1.165, 1.54) is 17.7 Å². The molecule has 0 saturated heterocycles. The molecule has 38 heavy (non-hydrogen) atoms. The summed E-state index contributed by atoms with van der Waals surface area (Å²) in [6.45, 7) is 6.58. The number of benzene rings is 2. The fourth-order valence-electron chi connectivity index (χ4n) is 5.49. The number of rotatable bonds is 13. The van der Waals surface area contributed by atoms with Gasteiger partial charge in [-0.05, 0) is 41.4 Å². The van der Waals surface area contributed by atoms with Gasteiger partial charge in [0.1, 0.15) is 6.10 Å². The first-order chi connectivity index (χ1) is 18.2. The van der Waals surface area contributed by atoms with Crippen molar-refractivity contribution in [3.63, 3.8) is 0 Å². The maximum atomic E-state index is 12.8. The predicted molar refractivity (Wildman–Crippen MR) is 148 cm³/mol. The molecule has 2 aromatic rings. The number of carbonyl (C=O) groups is 1. The largest absolute Gasteiger partial charge is 0.459 e. The Kier molecular flexibility index (Phi) is 11.5. The van der Waals surface area contributed by atoms with Crippen molar-refractivity contribution in [3.05, 3.63) is 83.9 Å². The lowest BCUT2D eigenvalue weighted by molar-refractivity contribution is -0.150. The van der Waals surface area contributed by atoms with Gasteiger partial charge in [-0.3, -0.25) is 0 Å². The van der Waals surface area contributed by atoms with Gasteiger partial charge in [-0.15, -0.1) is 0 Å². The molecule has 1 aliphatic rings. The number of hydrogen-bond donors (Lipinski definition) is 3. The van der Waals surface area contributed by atoms with Crippen LogP contribution in [0.15, 0.2) is 72.8 Å². The second kappa shape index (κ2) is 14.6. The third kappa shape index (κ3) is 9.05. The van der Waals surface area contributed by atoms with Crippen LogP contribution in [0.2, 0.25) is 0 Å². The summed E-state index contributed by atoms with van der Waals surface area (Å²) in [5, 5.41) is 29.8. The molecular formula is C32H44O6. The van der Waals surface area contributed by atoms with Crippen LogP contribution in [0, 0.1) is 11.8 Å². The van der Waals surface area contributed by atoms with E-state index in [1.807, 2.05) is 48.5 Å². The van der Waals surface area contributed by atoms with Gasteiger partial charge in [0.2, 0.25) is 0 Å². The summed E-state index contributed by atoms with van der Waals surface area (Å²) >= 11 is 0. The summed E-state index contributed by atoms with van der Waals surface area (Å²) in [6.07, 6.45) is 3.38. The van der Waals surface area contributed by atoms with Crippen molar-refractivity contribution < 1.29 is 29.6 Å². The van der Waals surface area contributed by atoms with Crippen LogP contribution in [0.25, 0.3) is 0 Å². The standard InChI is InChI=1S/C32H44O6/c1-23-14-16-29(32(2,3)25-12-8-5-9-13-25)30(18-23)38-31(36)17-15-26(34)19-28(20-27(35)21-33)37-22-24-10-6-4-7-11-24/h4-13,15,17,23,26-30,33-35H,14,16,18-22H2,1-3H3/b17-15+/t23-,26+,27+,28-,29-,30-/m1/s1. The van der Waals surface area contributed by atoms with Crippen LogP contribution in [-0.2, 0) is 26.3 Å². The molecule has 3 rings (SSSR count). The van der Waals surface area contributed by atoms with E-state index in [0.717, 1.165) is 24.8 Å². The molecule has 1 saturated carbocycles. The smallest absolute Gasteiger partial charge is 0.330 e. The number of aliphatic hydroxyl groups is 3. The first-order valence-corrected chi connectivity index (χ1v) is 13.8. The zero-order chi connectivity index (χ0) is 27.5. The van der Waals surface area contributed by atoms with Crippen LogP contribution < -0.4 is 0 Å². The highest BCUT2D eigenvalue weighted by Gasteiger charge is 2.41. The summed E-state index contributed by atoms with van der Waals surface area (Å²) in [7, 11) is 0. The van der Waals surface area contributed by atoms with Gasteiger partial charge in [-0.25, -0.2) is 4.79 Å².